The van der Waals surface area contributed by atoms with Crippen LogP contribution in [0.4, 0.5) is 5.69 Å². The summed E-state index contributed by atoms with van der Waals surface area (Å²) >= 11 is 0. The molecule has 1 saturated heterocycles. The molecule has 8 heteroatoms. The topological polar surface area (TPSA) is 83.8 Å². The van der Waals surface area contributed by atoms with Crippen molar-refractivity contribution in [2.45, 2.75) is 29.2 Å². The van der Waals surface area contributed by atoms with Crippen molar-refractivity contribution in [2.24, 2.45) is 0 Å². The Morgan fingerprint density at radius 3 is 2.55 bits per heavy atom. The van der Waals surface area contributed by atoms with E-state index in [-0.39, 0.29) is 10.8 Å². The minimum atomic E-state index is -3.62. The van der Waals surface area contributed by atoms with E-state index in [1.54, 1.807) is 77.6 Å². The Kier molecular flexibility index (Phi) is 5.60. The predicted octanol–water partition coefficient (Wildman–Crippen LogP) is 3.70. The number of benzene rings is 2. The number of nitrogens with zero attached hydrogens (tertiary/aromatic N) is 3. The largest absolute Gasteiger partial charge is 0.372 e. The lowest BCUT2D eigenvalue weighted by Gasteiger charge is -2.18. The monoisotopic (exact) mass is 460 g/mol. The third kappa shape index (κ3) is 4.34. The minimum absolute atomic E-state index is 0.207. The van der Waals surface area contributed by atoms with E-state index in [9.17, 15) is 13.2 Å². The molecule has 1 amide bonds. The minimum Gasteiger partial charge on any atom is -0.372 e. The van der Waals surface area contributed by atoms with Gasteiger partial charge in [0.2, 0.25) is 9.84 Å². The van der Waals surface area contributed by atoms with Gasteiger partial charge in [0, 0.05) is 43.9 Å². The number of imidazole rings is 1. The number of pyridine rings is 1. The number of amides is 1. The zero-order valence-electron chi connectivity index (χ0n) is 18.0. The average Bonchev–Trinajstić information content (AvgIpc) is 3.55. The van der Waals surface area contributed by atoms with Crippen molar-refractivity contribution < 1.29 is 13.2 Å². The van der Waals surface area contributed by atoms with Gasteiger partial charge in [-0.05, 0) is 60.9 Å². The number of aromatic nitrogens is 2. The number of anilines is 1. The van der Waals surface area contributed by atoms with Crippen LogP contribution in [0.25, 0.3) is 5.65 Å². The van der Waals surface area contributed by atoms with E-state index in [1.165, 1.54) is 0 Å². The van der Waals surface area contributed by atoms with Gasteiger partial charge in [0.25, 0.3) is 5.91 Å². The Labute approximate surface area is 192 Å². The predicted molar refractivity (Wildman–Crippen MR) is 126 cm³/mol. The van der Waals surface area contributed by atoms with Crippen LogP contribution in [0.5, 0.6) is 0 Å². The average molecular weight is 461 g/mol. The first kappa shape index (κ1) is 21.2. The quantitative estimate of drug-likeness (QED) is 0.474. The van der Waals surface area contributed by atoms with Gasteiger partial charge in [-0.2, -0.15) is 0 Å². The second-order valence-electron chi connectivity index (χ2n) is 8.13. The molecule has 168 valence electrons. The highest BCUT2D eigenvalue weighted by molar-refractivity contribution is 7.91. The van der Waals surface area contributed by atoms with Crippen LogP contribution in [0.2, 0.25) is 0 Å². The van der Waals surface area contributed by atoms with Crippen LogP contribution in [-0.4, -0.2) is 36.8 Å². The summed E-state index contributed by atoms with van der Waals surface area (Å²) in [6.07, 6.45) is 7.45. The van der Waals surface area contributed by atoms with Crippen molar-refractivity contribution in [1.29, 1.82) is 0 Å². The van der Waals surface area contributed by atoms with Gasteiger partial charge in [0.1, 0.15) is 5.65 Å². The van der Waals surface area contributed by atoms with Crippen molar-refractivity contribution >= 4 is 27.1 Å². The summed E-state index contributed by atoms with van der Waals surface area (Å²) in [6.45, 7) is 2.21. The van der Waals surface area contributed by atoms with Crippen LogP contribution in [0, 0.1) is 0 Å². The summed E-state index contributed by atoms with van der Waals surface area (Å²) in [7, 11) is -3.62. The van der Waals surface area contributed by atoms with Crippen molar-refractivity contribution in [3.05, 3.63) is 90.4 Å². The second kappa shape index (κ2) is 8.71. The molecule has 0 radical (unpaired) electrons. The van der Waals surface area contributed by atoms with Gasteiger partial charge in [-0.1, -0.05) is 18.2 Å². The molecule has 3 heterocycles. The third-order valence-electron chi connectivity index (χ3n) is 5.94. The molecule has 0 aliphatic carbocycles. The van der Waals surface area contributed by atoms with E-state index in [1.807, 2.05) is 6.07 Å². The first-order valence-electron chi connectivity index (χ1n) is 10.9. The number of carbonyl (C=O) groups is 1. The van der Waals surface area contributed by atoms with E-state index in [0.717, 1.165) is 42.8 Å². The highest BCUT2D eigenvalue weighted by Crippen LogP contribution is 2.27. The number of sulfone groups is 1. The molecule has 4 aromatic rings. The molecule has 1 N–H and O–H groups in total. The fourth-order valence-electron chi connectivity index (χ4n) is 4.08. The third-order valence-corrected chi connectivity index (χ3v) is 7.70. The van der Waals surface area contributed by atoms with Gasteiger partial charge in [-0.15, -0.1) is 0 Å². The summed E-state index contributed by atoms with van der Waals surface area (Å²) in [5.41, 5.74) is 3.06. The molecule has 0 spiro atoms. The molecule has 1 aliphatic rings. The molecular weight excluding hydrogens is 436 g/mol. The van der Waals surface area contributed by atoms with E-state index >= 15 is 0 Å². The molecule has 1 fully saturated rings. The molecular formula is C25H24N4O3S. The number of carbonyl (C=O) groups excluding carboxylic acids is 1. The molecule has 0 unspecified atom stereocenters. The van der Waals surface area contributed by atoms with Crippen molar-refractivity contribution in [2.75, 3.05) is 18.0 Å². The summed E-state index contributed by atoms with van der Waals surface area (Å²) < 4.78 is 28.1. The maximum atomic E-state index is 13.2. The zero-order valence-corrected chi connectivity index (χ0v) is 18.8. The van der Waals surface area contributed by atoms with Crippen molar-refractivity contribution in [1.82, 2.24) is 14.7 Å². The molecule has 0 atom stereocenters. The normalized spacial score (nSPS) is 14.0. The highest BCUT2D eigenvalue weighted by atomic mass is 32.2. The van der Waals surface area contributed by atoms with Crippen LogP contribution < -0.4 is 10.2 Å². The van der Waals surface area contributed by atoms with Crippen LogP contribution >= 0.6 is 0 Å². The molecule has 7 nitrogen and oxygen atoms in total. The molecule has 1 aliphatic heterocycles. The molecule has 2 aromatic carbocycles. The summed E-state index contributed by atoms with van der Waals surface area (Å²) in [6, 6.07) is 17.3. The summed E-state index contributed by atoms with van der Waals surface area (Å²) in [5, 5.41) is 2.87. The number of fused-ring (bicyclic) bond motifs is 1. The Balaban J connectivity index is 1.27. The van der Waals surface area contributed by atoms with Gasteiger partial charge >= 0.3 is 0 Å². The second-order valence-corrected chi connectivity index (χ2v) is 10.1. The van der Waals surface area contributed by atoms with Gasteiger partial charge in [0.15, 0.2) is 0 Å². The number of rotatable bonds is 6. The lowest BCUT2D eigenvalue weighted by atomic mass is 10.2. The zero-order chi connectivity index (χ0) is 22.8. The van der Waals surface area contributed by atoms with Crippen LogP contribution in [0.15, 0.2) is 89.0 Å². The molecule has 33 heavy (non-hydrogen) atoms. The van der Waals surface area contributed by atoms with Crippen LogP contribution in [0.1, 0.15) is 28.8 Å². The fourth-order valence-corrected chi connectivity index (χ4v) is 5.38. The summed E-state index contributed by atoms with van der Waals surface area (Å²) in [5.74, 6) is -0.207. The lowest BCUT2D eigenvalue weighted by molar-refractivity contribution is 0.0950. The number of hydrogen-bond donors (Lipinski definition) is 1. The van der Waals surface area contributed by atoms with Gasteiger partial charge in [-0.25, -0.2) is 13.4 Å². The Morgan fingerprint density at radius 1 is 0.970 bits per heavy atom. The Bertz CT molecular complexity index is 1410. The van der Waals surface area contributed by atoms with Gasteiger partial charge in [-0.3, -0.25) is 4.79 Å². The van der Waals surface area contributed by atoms with Crippen LogP contribution in [-0.2, 0) is 16.4 Å². The number of nitrogens with one attached hydrogen (secondary N) is 1. The maximum absolute atomic E-state index is 13.2. The maximum Gasteiger partial charge on any atom is 0.253 e. The molecule has 0 saturated carbocycles. The Morgan fingerprint density at radius 2 is 1.76 bits per heavy atom. The van der Waals surface area contributed by atoms with Gasteiger partial charge < -0.3 is 14.6 Å². The summed E-state index contributed by atoms with van der Waals surface area (Å²) in [4.78, 5) is 19.4. The van der Waals surface area contributed by atoms with Crippen molar-refractivity contribution in [3.63, 3.8) is 0 Å². The SMILES string of the molecule is O=C(NCc1ccc(S(=O)(=O)c2cccc(N3CCCC3)c2)cc1)c1ccc2nccn2c1. The van der Waals surface area contributed by atoms with E-state index < -0.39 is 9.84 Å². The first-order valence-corrected chi connectivity index (χ1v) is 12.4. The fraction of sp³-hybridized carbons (Fsp3) is 0.200. The molecule has 2 aromatic heterocycles. The van der Waals surface area contributed by atoms with Crippen LogP contribution in [0.3, 0.4) is 0 Å². The van der Waals surface area contributed by atoms with E-state index in [2.05, 4.69) is 15.2 Å². The standard InChI is InChI=1S/C25H24N4O3S/c30-25(20-8-11-24-26-12-15-29(24)18-20)27-17-19-6-9-22(10-7-19)33(31,32)23-5-3-4-21(16-23)28-13-1-2-14-28/h3-12,15-16,18H,1-2,13-14,17H2,(H,27,30). The first-order chi connectivity index (χ1) is 16.0. The Hall–Kier alpha value is -3.65. The van der Waals surface area contributed by atoms with E-state index in [0.29, 0.717) is 17.0 Å². The number of hydrogen-bond acceptors (Lipinski definition) is 5. The smallest absolute Gasteiger partial charge is 0.253 e. The highest BCUT2D eigenvalue weighted by Gasteiger charge is 2.20. The van der Waals surface area contributed by atoms with Gasteiger partial charge in [0.05, 0.1) is 15.4 Å². The molecule has 5 rings (SSSR count). The van der Waals surface area contributed by atoms with Crippen molar-refractivity contribution in [3.8, 4) is 0 Å². The molecule has 0 bridgehead atoms. The lowest BCUT2D eigenvalue weighted by Crippen LogP contribution is -2.23. The van der Waals surface area contributed by atoms with E-state index in [4.69, 9.17) is 0 Å².